The molecule has 0 bridgehead atoms. The molecule has 1 atom stereocenters. The Morgan fingerprint density at radius 3 is 0.845 bits per heavy atom. The predicted molar refractivity (Wildman–Crippen MR) is 247 cm³/mol. The summed E-state index contributed by atoms with van der Waals surface area (Å²) in [6.07, 6.45) is 45.4. The maximum absolute atomic E-state index is 12.7. The molecule has 0 saturated carbocycles. The second kappa shape index (κ2) is 44.9. The van der Waals surface area contributed by atoms with Gasteiger partial charge in [0, 0.05) is 19.3 Å². The standard InChI is InChI=1S/C52H100O6/c1-6-7-8-9-10-11-12-13-14-15-16-17-18-19-20-23-26-32-37-42-50(53)56-45-49(58-52(55)44-39-34-29-28-31-36-41-48(4)5)46-57-51(54)43-38-33-27-24-21-22-25-30-35-40-47(2)3/h47-49H,6-46H2,1-5H3/t49-/m1/s1. The van der Waals surface area contributed by atoms with Crippen LogP contribution in [0.4, 0.5) is 0 Å². The largest absolute Gasteiger partial charge is 0.462 e. The Bertz CT molecular complexity index is 885. The van der Waals surface area contributed by atoms with Crippen LogP contribution in [0.3, 0.4) is 0 Å². The first-order valence-corrected chi connectivity index (χ1v) is 25.7. The van der Waals surface area contributed by atoms with E-state index in [0.29, 0.717) is 19.3 Å². The third-order valence-corrected chi connectivity index (χ3v) is 11.7. The zero-order valence-corrected chi connectivity index (χ0v) is 39.7. The average molecular weight is 821 g/mol. The first-order chi connectivity index (χ1) is 28.2. The lowest BCUT2D eigenvalue weighted by atomic mass is 10.0. The third-order valence-electron chi connectivity index (χ3n) is 11.7. The summed E-state index contributed by atoms with van der Waals surface area (Å²) in [5.74, 6) is 0.711. The molecule has 58 heavy (non-hydrogen) atoms. The molecule has 0 rings (SSSR count). The smallest absolute Gasteiger partial charge is 0.306 e. The van der Waals surface area contributed by atoms with Crippen molar-refractivity contribution in [3.63, 3.8) is 0 Å². The molecule has 0 N–H and O–H groups in total. The molecule has 0 amide bonds. The summed E-state index contributed by atoms with van der Waals surface area (Å²) in [6.45, 7) is 11.3. The van der Waals surface area contributed by atoms with Crippen LogP contribution in [-0.2, 0) is 28.6 Å². The summed E-state index contributed by atoms with van der Waals surface area (Å²) in [6, 6.07) is 0. The van der Waals surface area contributed by atoms with E-state index in [1.165, 1.54) is 173 Å². The van der Waals surface area contributed by atoms with Crippen LogP contribution in [0.2, 0.25) is 0 Å². The summed E-state index contributed by atoms with van der Waals surface area (Å²) >= 11 is 0. The zero-order valence-electron chi connectivity index (χ0n) is 39.7. The first-order valence-electron chi connectivity index (χ1n) is 25.7. The van der Waals surface area contributed by atoms with Crippen molar-refractivity contribution in [1.82, 2.24) is 0 Å². The molecule has 0 fully saturated rings. The minimum Gasteiger partial charge on any atom is -0.462 e. The van der Waals surface area contributed by atoms with Crippen LogP contribution in [0.5, 0.6) is 0 Å². The maximum atomic E-state index is 12.7. The number of rotatable bonds is 46. The van der Waals surface area contributed by atoms with Crippen LogP contribution < -0.4 is 0 Å². The van der Waals surface area contributed by atoms with E-state index in [0.717, 1.165) is 69.6 Å². The Morgan fingerprint density at radius 2 is 0.569 bits per heavy atom. The summed E-state index contributed by atoms with van der Waals surface area (Å²) < 4.78 is 16.8. The van der Waals surface area contributed by atoms with Crippen molar-refractivity contribution in [2.45, 2.75) is 291 Å². The quantitative estimate of drug-likeness (QED) is 0.0346. The minimum atomic E-state index is -0.762. The number of hydrogen-bond donors (Lipinski definition) is 0. The second-order valence-electron chi connectivity index (χ2n) is 18.8. The average Bonchev–Trinajstić information content (AvgIpc) is 3.19. The first kappa shape index (κ1) is 56.4. The van der Waals surface area contributed by atoms with Gasteiger partial charge in [-0.25, -0.2) is 0 Å². The van der Waals surface area contributed by atoms with Gasteiger partial charge in [0.2, 0.25) is 0 Å². The van der Waals surface area contributed by atoms with E-state index in [-0.39, 0.29) is 31.1 Å². The van der Waals surface area contributed by atoms with Gasteiger partial charge >= 0.3 is 17.9 Å². The predicted octanol–water partition coefficient (Wildman–Crippen LogP) is 16.5. The second-order valence-corrected chi connectivity index (χ2v) is 18.8. The lowest BCUT2D eigenvalue weighted by Crippen LogP contribution is -2.30. The molecule has 6 nitrogen and oxygen atoms in total. The van der Waals surface area contributed by atoms with E-state index in [1.807, 2.05) is 0 Å². The van der Waals surface area contributed by atoms with Gasteiger partial charge in [-0.2, -0.15) is 0 Å². The monoisotopic (exact) mass is 821 g/mol. The molecule has 0 aromatic carbocycles. The molecule has 0 radical (unpaired) electrons. The SMILES string of the molecule is CCCCCCCCCCCCCCCCCCCCCC(=O)OC[C@H](COC(=O)CCCCCCCCCCCC(C)C)OC(=O)CCCCCCCCC(C)C. The van der Waals surface area contributed by atoms with Crippen molar-refractivity contribution in [3.8, 4) is 0 Å². The number of unbranched alkanes of at least 4 members (excludes halogenated alkanes) is 31. The Balaban J connectivity index is 4.20. The molecule has 0 aliphatic carbocycles. The van der Waals surface area contributed by atoms with Crippen LogP contribution in [0.1, 0.15) is 285 Å². The van der Waals surface area contributed by atoms with Gasteiger partial charge in [0.25, 0.3) is 0 Å². The van der Waals surface area contributed by atoms with Gasteiger partial charge in [-0.1, -0.05) is 247 Å². The molecule has 0 aliphatic heterocycles. The van der Waals surface area contributed by atoms with E-state index in [9.17, 15) is 14.4 Å². The van der Waals surface area contributed by atoms with Gasteiger partial charge in [0.15, 0.2) is 6.10 Å². The van der Waals surface area contributed by atoms with Gasteiger partial charge in [-0.3, -0.25) is 14.4 Å². The molecular formula is C52H100O6. The van der Waals surface area contributed by atoms with Gasteiger partial charge < -0.3 is 14.2 Å². The summed E-state index contributed by atoms with van der Waals surface area (Å²) in [7, 11) is 0. The third kappa shape index (κ3) is 45.5. The maximum Gasteiger partial charge on any atom is 0.306 e. The fraction of sp³-hybridized carbons (Fsp3) is 0.942. The Hall–Kier alpha value is -1.59. The minimum absolute atomic E-state index is 0.0652. The number of hydrogen-bond acceptors (Lipinski definition) is 6. The fourth-order valence-corrected chi connectivity index (χ4v) is 7.81. The van der Waals surface area contributed by atoms with E-state index >= 15 is 0 Å². The number of carbonyl (C=O) groups is 3. The van der Waals surface area contributed by atoms with Crippen LogP contribution in [0.25, 0.3) is 0 Å². The van der Waals surface area contributed by atoms with Crippen molar-refractivity contribution in [2.24, 2.45) is 11.8 Å². The van der Waals surface area contributed by atoms with Crippen LogP contribution >= 0.6 is 0 Å². The van der Waals surface area contributed by atoms with Crippen molar-refractivity contribution < 1.29 is 28.6 Å². The van der Waals surface area contributed by atoms with Crippen molar-refractivity contribution >= 4 is 17.9 Å². The summed E-state index contributed by atoms with van der Waals surface area (Å²) in [5, 5.41) is 0. The van der Waals surface area contributed by atoms with Gasteiger partial charge in [-0.15, -0.1) is 0 Å². The van der Waals surface area contributed by atoms with E-state index in [2.05, 4.69) is 34.6 Å². The molecule has 0 aromatic rings. The van der Waals surface area contributed by atoms with Crippen LogP contribution in [0.15, 0.2) is 0 Å². The van der Waals surface area contributed by atoms with E-state index < -0.39 is 6.10 Å². The topological polar surface area (TPSA) is 78.9 Å². The zero-order chi connectivity index (χ0) is 42.6. The van der Waals surface area contributed by atoms with E-state index in [1.54, 1.807) is 0 Å². The summed E-state index contributed by atoms with van der Waals surface area (Å²) in [4.78, 5) is 37.8. The van der Waals surface area contributed by atoms with Crippen molar-refractivity contribution in [2.75, 3.05) is 13.2 Å². The highest BCUT2D eigenvalue weighted by atomic mass is 16.6. The molecule has 0 aromatic heterocycles. The van der Waals surface area contributed by atoms with Gasteiger partial charge in [-0.05, 0) is 31.1 Å². The lowest BCUT2D eigenvalue weighted by Gasteiger charge is -2.18. The number of ether oxygens (including phenoxy) is 3. The van der Waals surface area contributed by atoms with Crippen molar-refractivity contribution in [3.05, 3.63) is 0 Å². The van der Waals surface area contributed by atoms with Gasteiger partial charge in [0.05, 0.1) is 0 Å². The number of carbonyl (C=O) groups excluding carboxylic acids is 3. The van der Waals surface area contributed by atoms with Crippen LogP contribution in [-0.4, -0.2) is 37.2 Å². The Morgan fingerprint density at radius 1 is 0.328 bits per heavy atom. The number of esters is 3. The van der Waals surface area contributed by atoms with E-state index in [4.69, 9.17) is 14.2 Å². The lowest BCUT2D eigenvalue weighted by molar-refractivity contribution is -0.167. The molecule has 0 unspecified atom stereocenters. The molecular weight excluding hydrogens is 721 g/mol. The Labute approximate surface area is 361 Å². The molecule has 0 saturated heterocycles. The Kier molecular flexibility index (Phi) is 43.7. The highest BCUT2D eigenvalue weighted by Crippen LogP contribution is 2.17. The molecule has 6 heteroatoms. The summed E-state index contributed by atoms with van der Waals surface area (Å²) in [5.41, 5.74) is 0. The fourth-order valence-electron chi connectivity index (χ4n) is 7.81. The highest BCUT2D eigenvalue weighted by molar-refractivity contribution is 5.71. The van der Waals surface area contributed by atoms with Gasteiger partial charge in [0.1, 0.15) is 13.2 Å². The highest BCUT2D eigenvalue weighted by Gasteiger charge is 2.19. The van der Waals surface area contributed by atoms with Crippen LogP contribution in [0, 0.1) is 11.8 Å². The molecule has 0 aliphatic rings. The molecule has 0 spiro atoms. The normalized spacial score (nSPS) is 12.1. The molecule has 0 heterocycles. The molecule has 344 valence electrons. The van der Waals surface area contributed by atoms with Crippen molar-refractivity contribution in [1.29, 1.82) is 0 Å².